The van der Waals surface area contributed by atoms with E-state index < -0.39 is 5.60 Å². The number of likely N-dealkylation sites (tertiary alicyclic amines) is 1. The van der Waals surface area contributed by atoms with Crippen LogP contribution < -0.4 is 5.32 Å². The van der Waals surface area contributed by atoms with Crippen LogP contribution in [-0.2, 0) is 4.79 Å². The topological polar surface area (TPSA) is 52.6 Å². The molecule has 0 aromatic heterocycles. The van der Waals surface area contributed by atoms with Gasteiger partial charge in [-0.2, -0.15) is 0 Å². The zero-order valence-electron chi connectivity index (χ0n) is 16.2. The molecule has 0 bridgehead atoms. The number of carbonyl (C=O) groups is 1. The van der Waals surface area contributed by atoms with Crippen LogP contribution in [0.15, 0.2) is 0 Å². The molecule has 1 amide bonds. The maximum atomic E-state index is 12.6. The second kappa shape index (κ2) is 8.18. The van der Waals surface area contributed by atoms with Crippen LogP contribution in [0.3, 0.4) is 0 Å². The summed E-state index contributed by atoms with van der Waals surface area (Å²) in [6.07, 6.45) is 8.41. The average molecular weight is 339 g/mol. The summed E-state index contributed by atoms with van der Waals surface area (Å²) in [6.45, 7) is 11.2. The molecule has 1 saturated carbocycles. The van der Waals surface area contributed by atoms with Crippen LogP contribution in [0.1, 0.15) is 79.1 Å². The van der Waals surface area contributed by atoms with Crippen molar-refractivity contribution in [3.8, 4) is 0 Å². The minimum absolute atomic E-state index is 0.195. The molecule has 0 spiro atoms. The van der Waals surface area contributed by atoms with E-state index in [-0.39, 0.29) is 11.3 Å². The molecule has 140 valence electrons. The molecule has 2 aliphatic rings. The molecule has 1 aliphatic heterocycles. The number of piperidine rings is 1. The molecule has 0 atom stereocenters. The van der Waals surface area contributed by atoms with Crippen LogP contribution in [-0.4, -0.2) is 47.2 Å². The highest BCUT2D eigenvalue weighted by atomic mass is 16.3. The Morgan fingerprint density at radius 1 is 1.21 bits per heavy atom. The normalized spacial score (nSPS) is 23.4. The first-order valence-corrected chi connectivity index (χ1v) is 9.96. The minimum Gasteiger partial charge on any atom is -0.389 e. The van der Waals surface area contributed by atoms with E-state index in [2.05, 4.69) is 37.9 Å². The van der Waals surface area contributed by atoms with Gasteiger partial charge >= 0.3 is 0 Å². The molecule has 2 rings (SSSR count). The van der Waals surface area contributed by atoms with Crippen LogP contribution in [0, 0.1) is 11.3 Å². The molecular weight excluding hydrogens is 300 g/mol. The van der Waals surface area contributed by atoms with Crippen molar-refractivity contribution >= 4 is 5.91 Å². The van der Waals surface area contributed by atoms with Crippen LogP contribution >= 0.6 is 0 Å². The fourth-order valence-electron chi connectivity index (χ4n) is 4.51. The highest BCUT2D eigenvalue weighted by Crippen LogP contribution is 2.30. The molecule has 2 fully saturated rings. The van der Waals surface area contributed by atoms with Gasteiger partial charge in [0, 0.05) is 31.1 Å². The number of hydrogen-bond acceptors (Lipinski definition) is 3. The van der Waals surface area contributed by atoms with Crippen LogP contribution in [0.25, 0.3) is 0 Å². The number of rotatable bonds is 6. The standard InChI is InChI=1S/C20H38N2O2/c1-16(2)14-19(3,4)18(23)21-17-8-12-22(13-9-17)15-20(24)10-6-5-7-11-20/h16-17,24H,5-15H2,1-4H3,(H,21,23). The van der Waals surface area contributed by atoms with Gasteiger partial charge in [0.15, 0.2) is 0 Å². The molecule has 4 heteroatoms. The lowest BCUT2D eigenvalue weighted by molar-refractivity contribution is -0.131. The Hall–Kier alpha value is -0.610. The maximum Gasteiger partial charge on any atom is 0.225 e. The van der Waals surface area contributed by atoms with Gasteiger partial charge in [0.05, 0.1) is 5.60 Å². The van der Waals surface area contributed by atoms with Gasteiger partial charge in [0.2, 0.25) is 5.91 Å². The van der Waals surface area contributed by atoms with Crippen molar-refractivity contribution in [2.75, 3.05) is 19.6 Å². The Labute approximate surface area is 148 Å². The van der Waals surface area contributed by atoms with E-state index in [1.807, 2.05) is 0 Å². The van der Waals surface area contributed by atoms with Crippen molar-refractivity contribution in [2.24, 2.45) is 11.3 Å². The fourth-order valence-corrected chi connectivity index (χ4v) is 4.51. The number of aliphatic hydroxyl groups is 1. The second-order valence-electron chi connectivity index (χ2n) is 9.29. The fraction of sp³-hybridized carbons (Fsp3) is 0.950. The number of nitrogens with zero attached hydrogens (tertiary/aromatic N) is 1. The zero-order valence-corrected chi connectivity index (χ0v) is 16.2. The summed E-state index contributed by atoms with van der Waals surface area (Å²) in [4.78, 5) is 14.9. The summed E-state index contributed by atoms with van der Waals surface area (Å²) in [7, 11) is 0. The summed E-state index contributed by atoms with van der Waals surface area (Å²) in [5.74, 6) is 0.726. The van der Waals surface area contributed by atoms with Gasteiger partial charge in [-0.25, -0.2) is 0 Å². The first-order chi connectivity index (χ1) is 11.2. The lowest BCUT2D eigenvalue weighted by Gasteiger charge is -2.40. The molecule has 4 nitrogen and oxygen atoms in total. The van der Waals surface area contributed by atoms with Crippen LogP contribution in [0.4, 0.5) is 0 Å². The van der Waals surface area contributed by atoms with Gasteiger partial charge in [-0.15, -0.1) is 0 Å². The smallest absolute Gasteiger partial charge is 0.225 e. The summed E-state index contributed by atoms with van der Waals surface area (Å²) in [6, 6.07) is 0.293. The van der Waals surface area contributed by atoms with Gasteiger partial charge in [-0.3, -0.25) is 4.79 Å². The van der Waals surface area contributed by atoms with Crippen molar-refractivity contribution in [3.05, 3.63) is 0 Å². The van der Waals surface area contributed by atoms with E-state index in [0.29, 0.717) is 12.0 Å². The van der Waals surface area contributed by atoms with Crippen molar-refractivity contribution < 1.29 is 9.90 Å². The van der Waals surface area contributed by atoms with Gasteiger partial charge in [0.25, 0.3) is 0 Å². The van der Waals surface area contributed by atoms with Gasteiger partial charge < -0.3 is 15.3 Å². The number of carbonyl (C=O) groups excluding carboxylic acids is 1. The third kappa shape index (κ3) is 5.73. The monoisotopic (exact) mass is 338 g/mol. The molecule has 0 unspecified atom stereocenters. The van der Waals surface area contributed by atoms with Crippen molar-refractivity contribution in [1.82, 2.24) is 10.2 Å². The molecule has 24 heavy (non-hydrogen) atoms. The predicted octanol–water partition coefficient (Wildman–Crippen LogP) is 3.33. The lowest BCUT2D eigenvalue weighted by atomic mass is 9.82. The molecule has 0 radical (unpaired) electrons. The number of amides is 1. The molecule has 1 aliphatic carbocycles. The van der Waals surface area contributed by atoms with Gasteiger partial charge in [-0.1, -0.05) is 47.0 Å². The van der Waals surface area contributed by atoms with Gasteiger partial charge in [0.1, 0.15) is 0 Å². The Balaban J connectivity index is 1.75. The largest absolute Gasteiger partial charge is 0.389 e. The first-order valence-electron chi connectivity index (χ1n) is 9.96. The third-order valence-electron chi connectivity index (χ3n) is 5.76. The Kier molecular flexibility index (Phi) is 6.72. The lowest BCUT2D eigenvalue weighted by Crippen LogP contribution is -2.52. The van der Waals surface area contributed by atoms with E-state index >= 15 is 0 Å². The van der Waals surface area contributed by atoms with E-state index in [9.17, 15) is 9.90 Å². The molecule has 0 aromatic carbocycles. The van der Waals surface area contributed by atoms with Crippen LogP contribution in [0.2, 0.25) is 0 Å². The van der Waals surface area contributed by atoms with E-state index in [0.717, 1.165) is 64.6 Å². The molecule has 1 saturated heterocycles. The van der Waals surface area contributed by atoms with Gasteiger partial charge in [-0.05, 0) is 38.0 Å². The molecule has 0 aromatic rings. The third-order valence-corrected chi connectivity index (χ3v) is 5.76. The Morgan fingerprint density at radius 3 is 2.33 bits per heavy atom. The summed E-state index contributed by atoms with van der Waals surface area (Å²) in [5.41, 5.74) is -0.754. The number of nitrogens with one attached hydrogen (secondary N) is 1. The molecular formula is C20H38N2O2. The summed E-state index contributed by atoms with van der Waals surface area (Å²) >= 11 is 0. The van der Waals surface area contributed by atoms with Crippen molar-refractivity contribution in [1.29, 1.82) is 0 Å². The quantitative estimate of drug-likeness (QED) is 0.781. The minimum atomic E-state index is -0.465. The van der Waals surface area contributed by atoms with Crippen LogP contribution in [0.5, 0.6) is 0 Å². The van der Waals surface area contributed by atoms with E-state index in [1.165, 1.54) is 6.42 Å². The highest BCUT2D eigenvalue weighted by Gasteiger charge is 2.34. The number of β-amino-alcohol motifs (C(OH)–C–C–N with tert-alkyl or cyclic N) is 1. The highest BCUT2D eigenvalue weighted by molar-refractivity contribution is 5.82. The Morgan fingerprint density at radius 2 is 1.79 bits per heavy atom. The second-order valence-corrected chi connectivity index (χ2v) is 9.29. The Bertz CT molecular complexity index is 406. The van der Waals surface area contributed by atoms with Crippen molar-refractivity contribution in [3.63, 3.8) is 0 Å². The summed E-state index contributed by atoms with van der Waals surface area (Å²) in [5, 5.41) is 14.0. The summed E-state index contributed by atoms with van der Waals surface area (Å²) < 4.78 is 0. The molecule has 2 N–H and O–H groups in total. The van der Waals surface area contributed by atoms with E-state index in [1.54, 1.807) is 0 Å². The maximum absolute atomic E-state index is 12.6. The SMILES string of the molecule is CC(C)CC(C)(C)C(=O)NC1CCN(CC2(O)CCCCC2)CC1. The average Bonchev–Trinajstić information content (AvgIpc) is 2.48. The van der Waals surface area contributed by atoms with Crippen molar-refractivity contribution in [2.45, 2.75) is 90.7 Å². The zero-order chi connectivity index (χ0) is 17.8. The molecule has 1 heterocycles. The first kappa shape index (κ1) is 19.7. The van der Waals surface area contributed by atoms with E-state index in [4.69, 9.17) is 0 Å². The number of hydrogen-bond donors (Lipinski definition) is 2. The predicted molar refractivity (Wildman–Crippen MR) is 98.9 cm³/mol.